The molecule has 0 rings (SSSR count). The third-order valence-electron chi connectivity index (χ3n) is 16.9. The van der Waals surface area contributed by atoms with Gasteiger partial charge >= 0.3 is 17.9 Å². The van der Waals surface area contributed by atoms with Crippen LogP contribution in [0.2, 0.25) is 0 Å². The average Bonchev–Trinajstić information content (AvgIpc) is 0.872. The monoisotopic (exact) mass is 1760 g/mol. The maximum absolute atomic E-state index is 14.2. The summed E-state index contributed by atoms with van der Waals surface area (Å²) in [7, 11) is 0. The van der Waals surface area contributed by atoms with Gasteiger partial charge in [0.15, 0.2) is 23.8 Å². The molecule has 121 heavy (non-hydrogen) atoms. The van der Waals surface area contributed by atoms with Crippen molar-refractivity contribution in [3.63, 3.8) is 0 Å². The highest BCUT2D eigenvalue weighted by atomic mass is 32.1. The number of hydrogen-bond acceptors (Lipinski definition) is 27. The Hall–Kier alpha value is -11.9. The van der Waals surface area contributed by atoms with Crippen LogP contribution in [0.1, 0.15) is 131 Å². The van der Waals surface area contributed by atoms with Crippen LogP contribution in [-0.2, 0) is 86.3 Å². The van der Waals surface area contributed by atoms with Crippen LogP contribution in [0, 0.1) is 11.8 Å². The molecule has 0 aliphatic carbocycles. The Morgan fingerprint density at radius 3 is 0.835 bits per heavy atom. The molecule has 0 saturated carbocycles. The molecule has 0 aromatic rings. The molecule has 0 radical (unpaired) electrons. The van der Waals surface area contributed by atoms with Gasteiger partial charge in [-0.25, -0.2) is 4.79 Å². The number of aliphatic imine (C=N–C) groups is 4. The summed E-state index contributed by atoms with van der Waals surface area (Å²) in [5.74, 6) is -22.3. The number of carbonyl (C=O) groups is 18. The number of carboxylic acid groups (broad SMARTS) is 3. The Morgan fingerprint density at radius 2 is 0.554 bits per heavy atom. The van der Waals surface area contributed by atoms with Crippen LogP contribution >= 0.6 is 25.3 Å². The molecule has 0 spiro atoms. The van der Waals surface area contributed by atoms with Crippen molar-refractivity contribution in [1.29, 1.82) is 0 Å². The first-order chi connectivity index (χ1) is 56.7. The van der Waals surface area contributed by atoms with E-state index in [9.17, 15) is 112 Å². The second-order valence-electron chi connectivity index (χ2n) is 28.3. The number of amides is 15. The molecule has 53 heteroatoms. The predicted octanol–water partition coefficient (Wildman–Crippen LogP) is -13.1. The molecule has 0 heterocycles. The fraction of sp³-hybridized carbons (Fsp3) is 0.676. The van der Waals surface area contributed by atoms with E-state index in [0.29, 0.717) is 0 Å². The SMILES string of the molecule is CC(C)C[C@H](NC(=O)[C@H](CCC(=O)O)NC(=O)CNC(=O)[C@H](CCCN=C(N)N)NC(=O)[C@H](CCCN=C(N)N)NC(=O)[C@H](CO)NC(=O)[C@@H](N)CS)C(=O)N[C@@H](C)C(=O)N[C@@H](C)C(=O)N[C@@H](CO)C(=O)N[C@@H](CCCN=C(N)N)C(=O)N[C@@H](CCCN=C(N)N)C(=O)NCC(=O)N[C@@H](CCC(=O)O)C(=O)N[C@@H](CC(C)C)C(=O)N[C@@H](CS)C(=O)O. The van der Waals surface area contributed by atoms with Crippen molar-refractivity contribution in [3.05, 3.63) is 0 Å². The van der Waals surface area contributed by atoms with Crippen molar-refractivity contribution >= 4 is 156 Å². The van der Waals surface area contributed by atoms with Crippen molar-refractivity contribution in [2.24, 2.45) is 83.4 Å². The number of aliphatic hydroxyl groups is 2. The van der Waals surface area contributed by atoms with Gasteiger partial charge in [0.1, 0.15) is 78.5 Å². The van der Waals surface area contributed by atoms with E-state index < -0.39 is 243 Å². The summed E-state index contributed by atoms with van der Waals surface area (Å²) >= 11 is 7.88. The second kappa shape index (κ2) is 58.9. The summed E-state index contributed by atoms with van der Waals surface area (Å²) in [5.41, 5.74) is 49.4. The molecule has 15 amide bonds. The lowest BCUT2D eigenvalue weighted by atomic mass is 10.0. The number of hydrogen-bond donors (Lipinski definition) is 31. The number of aliphatic hydroxyl groups excluding tert-OH is 2. The average molecular weight is 1760 g/mol. The molecule has 0 bridgehead atoms. The molecule has 0 aromatic carbocycles. The third-order valence-corrected chi connectivity index (χ3v) is 17.7. The van der Waals surface area contributed by atoms with E-state index in [-0.39, 0.29) is 138 Å². The highest BCUT2D eigenvalue weighted by Crippen LogP contribution is 2.13. The second-order valence-corrected chi connectivity index (χ2v) is 29.0. The normalized spacial score (nSPS) is 14.4. The van der Waals surface area contributed by atoms with Gasteiger partial charge in [0.05, 0.1) is 32.3 Å². The Bertz CT molecular complexity index is 3620. The Morgan fingerprint density at radius 1 is 0.306 bits per heavy atom. The smallest absolute Gasteiger partial charge is 0.327 e. The zero-order valence-corrected chi connectivity index (χ0v) is 70.0. The first kappa shape index (κ1) is 109. The molecule has 0 fully saturated rings. The summed E-state index contributed by atoms with van der Waals surface area (Å²) < 4.78 is 0. The van der Waals surface area contributed by atoms with E-state index in [2.05, 4.69) is 125 Å². The molecular formula is C68H122N28O23S2. The van der Waals surface area contributed by atoms with Gasteiger partial charge in [0.25, 0.3) is 0 Å². The highest BCUT2D eigenvalue weighted by molar-refractivity contribution is 7.80. The summed E-state index contributed by atoms with van der Waals surface area (Å²) in [6, 6.07) is -21.7. The number of nitrogens with zero attached hydrogens (tertiary/aromatic N) is 4. The van der Waals surface area contributed by atoms with E-state index in [4.69, 9.17) is 51.6 Å². The van der Waals surface area contributed by atoms with E-state index in [1.54, 1.807) is 27.7 Å². The van der Waals surface area contributed by atoms with Crippen LogP contribution in [0.25, 0.3) is 0 Å². The van der Waals surface area contributed by atoms with E-state index in [1.165, 1.54) is 6.92 Å². The Labute approximate surface area is 707 Å². The summed E-state index contributed by atoms with van der Waals surface area (Å²) in [5, 5.41) is 84.2. The van der Waals surface area contributed by atoms with Crippen LogP contribution in [0.15, 0.2) is 20.0 Å². The van der Waals surface area contributed by atoms with Crippen molar-refractivity contribution in [2.75, 3.05) is 64.0 Å². The largest absolute Gasteiger partial charge is 0.481 e. The number of aliphatic carboxylic acids is 3. The van der Waals surface area contributed by atoms with Gasteiger partial charge in [-0.1, -0.05) is 27.7 Å². The summed E-state index contributed by atoms with van der Waals surface area (Å²) in [6.45, 7) is 4.71. The maximum Gasteiger partial charge on any atom is 0.327 e. The third kappa shape index (κ3) is 47.5. The van der Waals surface area contributed by atoms with Gasteiger partial charge < -0.3 is 157 Å². The number of thiol groups is 2. The molecule has 0 aliphatic heterocycles. The van der Waals surface area contributed by atoms with Crippen LogP contribution in [0.4, 0.5) is 0 Å². The predicted molar refractivity (Wildman–Crippen MR) is 442 cm³/mol. The minimum Gasteiger partial charge on any atom is -0.481 e. The molecular weight excluding hydrogens is 1640 g/mol. The van der Waals surface area contributed by atoms with Gasteiger partial charge in [-0.2, -0.15) is 25.3 Å². The molecule has 0 aliphatic rings. The number of nitrogens with one attached hydrogen (secondary N) is 15. The lowest BCUT2D eigenvalue weighted by Crippen LogP contribution is -2.60. The molecule has 51 nitrogen and oxygen atoms in total. The van der Waals surface area contributed by atoms with Gasteiger partial charge in [-0.15, -0.1) is 0 Å². The Balaban J connectivity index is 6.71. The number of nitrogens with two attached hydrogens (primary N) is 9. The number of carbonyl (C=O) groups excluding carboxylic acids is 15. The van der Waals surface area contributed by atoms with E-state index in [1.807, 2.05) is 0 Å². The van der Waals surface area contributed by atoms with Gasteiger partial charge in [0.2, 0.25) is 88.6 Å². The Kier molecular flexibility index (Phi) is 53.1. The zero-order valence-electron chi connectivity index (χ0n) is 68.2. The topological polar surface area (TPSA) is 872 Å². The zero-order chi connectivity index (χ0) is 92.3. The summed E-state index contributed by atoms with van der Waals surface area (Å²) in [6.07, 6.45) is -3.66. The standard InChI is InChI=1S/C68H122N28O23S2/c1-31(2)23-42(92-58(112)40(15-17-49(101)102)86-47(99)25-82-55(109)37(12-8-20-79-66(72)73)89-57(111)39(14-10-22-81-68(76)77)91-63(117)45(28-98)95-53(107)35(69)29-120)60(114)85-33(5)51(105)84-34(6)52(106)94-44(27-97)62(116)90-38(13-9-21-80-67(74)75)56(110)88-36(11-7-19-78-65(70)71)54(108)83-26-48(100)87-41(16-18-50(103)104)59(113)93-43(24-32(3)4)61(115)96-46(30-121)64(118)119/h31-46,97-98,120-121H,7-30,69H2,1-6H3,(H,82,109)(H,83,108)(H,84,105)(H,85,114)(H,86,99)(H,87,100)(H,88,110)(H,89,111)(H,90,116)(H,91,117)(H,92,112)(H,93,113)(H,94,106)(H,95,107)(H,96,115)(H,101,102)(H,103,104)(H,118,119)(H4,70,71,78)(H4,72,73,79)(H4,74,75,80)(H4,76,77,81)/t33-,34-,35-,36-,37-,38-,39-,40-,41-,42-,43-,44-,45-,46-/m0/s1. The quantitative estimate of drug-likeness (QED) is 0.0116. The minimum atomic E-state index is -1.88. The van der Waals surface area contributed by atoms with Crippen molar-refractivity contribution in [2.45, 2.75) is 216 Å². The number of rotatable bonds is 61. The van der Waals surface area contributed by atoms with E-state index in [0.717, 1.165) is 6.92 Å². The highest BCUT2D eigenvalue weighted by Gasteiger charge is 2.37. The van der Waals surface area contributed by atoms with Crippen LogP contribution in [0.3, 0.4) is 0 Å². The van der Waals surface area contributed by atoms with Crippen LogP contribution < -0.4 is 131 Å². The fourth-order valence-corrected chi connectivity index (χ4v) is 11.0. The van der Waals surface area contributed by atoms with Gasteiger partial charge in [-0.05, 0) is 103 Å². The van der Waals surface area contributed by atoms with Gasteiger partial charge in [0, 0.05) is 50.5 Å². The summed E-state index contributed by atoms with van der Waals surface area (Å²) in [4.78, 5) is 255. The first-order valence-electron chi connectivity index (χ1n) is 38.3. The van der Waals surface area contributed by atoms with E-state index >= 15 is 0 Å². The minimum absolute atomic E-state index is 0.0153. The molecule has 0 saturated heterocycles. The lowest BCUT2D eigenvalue weighted by Gasteiger charge is -2.26. The fourth-order valence-electron chi connectivity index (χ4n) is 10.6. The van der Waals surface area contributed by atoms with Crippen LogP contribution in [-0.4, -0.2) is 304 Å². The van der Waals surface area contributed by atoms with Crippen molar-refractivity contribution in [3.8, 4) is 0 Å². The number of guanidine groups is 4. The first-order valence-corrected chi connectivity index (χ1v) is 39.5. The lowest BCUT2D eigenvalue weighted by molar-refractivity contribution is -0.141. The van der Waals surface area contributed by atoms with Gasteiger partial charge in [-0.3, -0.25) is 101 Å². The molecule has 684 valence electrons. The molecule has 0 aromatic heterocycles. The molecule has 0 unspecified atom stereocenters. The van der Waals surface area contributed by atoms with Crippen molar-refractivity contribution in [1.82, 2.24) is 79.8 Å². The van der Waals surface area contributed by atoms with Crippen LogP contribution in [0.5, 0.6) is 0 Å². The molecule has 38 N–H and O–H groups in total. The van der Waals surface area contributed by atoms with Crippen molar-refractivity contribution < 1.29 is 112 Å². The maximum atomic E-state index is 14.2. The number of carboxylic acids is 3. The molecule has 14 atom stereocenters.